The fraction of sp³-hybridized carbons (Fsp3) is 0.438. The number of hydrogen-bond acceptors (Lipinski definition) is 3. The average molecular weight is 337 g/mol. The maximum Gasteiger partial charge on any atom is 0.106 e. The van der Waals surface area contributed by atoms with Crippen molar-refractivity contribution in [2.24, 2.45) is 0 Å². The minimum absolute atomic E-state index is 0.242. The van der Waals surface area contributed by atoms with Gasteiger partial charge in [-0.15, -0.1) is 0 Å². The number of rotatable bonds is 5. The minimum Gasteiger partial charge on any atom is -0.466 e. The van der Waals surface area contributed by atoms with Crippen molar-refractivity contribution >= 4 is 15.9 Å². The molecule has 0 saturated heterocycles. The molecule has 4 heteroatoms. The van der Waals surface area contributed by atoms with Crippen LogP contribution in [0.2, 0.25) is 0 Å². The predicted octanol–water partition coefficient (Wildman–Crippen LogP) is 4.26. The number of nitrogens with one attached hydrogen (secondary N) is 1. The lowest BCUT2D eigenvalue weighted by Crippen LogP contribution is -2.24. The van der Waals surface area contributed by atoms with Crippen LogP contribution in [0.4, 0.5) is 0 Å². The lowest BCUT2D eigenvalue weighted by atomic mass is 9.97. The van der Waals surface area contributed by atoms with E-state index in [0.29, 0.717) is 0 Å². The normalized spacial score (nSPS) is 12.7. The van der Waals surface area contributed by atoms with Crippen LogP contribution >= 0.6 is 15.9 Å². The maximum atomic E-state index is 5.76. The second-order valence-corrected chi connectivity index (χ2v) is 5.95. The molecule has 20 heavy (non-hydrogen) atoms. The van der Waals surface area contributed by atoms with Crippen molar-refractivity contribution in [3.05, 3.63) is 51.1 Å². The predicted molar refractivity (Wildman–Crippen MR) is 85.0 cm³/mol. The van der Waals surface area contributed by atoms with Gasteiger partial charge in [-0.2, -0.15) is 0 Å². The van der Waals surface area contributed by atoms with Crippen LogP contribution in [0.3, 0.4) is 0 Å². The molecule has 0 aliphatic heterocycles. The summed E-state index contributed by atoms with van der Waals surface area (Å²) in [5.41, 5.74) is 3.59. The van der Waals surface area contributed by atoms with Gasteiger partial charge in [-0.3, -0.25) is 4.98 Å². The van der Waals surface area contributed by atoms with E-state index < -0.39 is 0 Å². The van der Waals surface area contributed by atoms with E-state index >= 15 is 0 Å². The molecule has 2 heterocycles. The Hall–Kier alpha value is -1.13. The highest BCUT2D eigenvalue weighted by Crippen LogP contribution is 2.29. The minimum atomic E-state index is 0.242. The molecule has 0 aliphatic rings. The first-order valence-electron chi connectivity index (χ1n) is 6.93. The first-order valence-corrected chi connectivity index (χ1v) is 7.72. The average Bonchev–Trinajstić information content (AvgIpc) is 2.66. The number of pyridine rings is 1. The highest BCUT2D eigenvalue weighted by atomic mass is 79.9. The Morgan fingerprint density at radius 1 is 1.25 bits per heavy atom. The SMILES string of the molecule is CCNC(Cc1ccc(Br)cn1)c1c(C)oc(C)c1C. The zero-order valence-corrected chi connectivity index (χ0v) is 14.0. The molecule has 0 spiro atoms. The number of halogens is 1. The van der Waals surface area contributed by atoms with Crippen LogP contribution < -0.4 is 5.32 Å². The summed E-state index contributed by atoms with van der Waals surface area (Å²) in [5.74, 6) is 2.01. The topological polar surface area (TPSA) is 38.1 Å². The monoisotopic (exact) mass is 336 g/mol. The van der Waals surface area contributed by atoms with Gasteiger partial charge in [-0.05, 0) is 60.9 Å². The molecular weight excluding hydrogens is 316 g/mol. The Morgan fingerprint density at radius 3 is 2.50 bits per heavy atom. The number of hydrogen-bond donors (Lipinski definition) is 1. The van der Waals surface area contributed by atoms with E-state index in [0.717, 1.165) is 34.7 Å². The highest BCUT2D eigenvalue weighted by Gasteiger charge is 2.21. The Balaban J connectivity index is 2.29. The summed E-state index contributed by atoms with van der Waals surface area (Å²) in [4.78, 5) is 4.47. The Labute approximate surface area is 128 Å². The van der Waals surface area contributed by atoms with E-state index in [1.54, 1.807) is 0 Å². The summed E-state index contributed by atoms with van der Waals surface area (Å²) < 4.78 is 6.77. The van der Waals surface area contributed by atoms with E-state index in [9.17, 15) is 0 Å². The summed E-state index contributed by atoms with van der Waals surface area (Å²) in [5, 5.41) is 3.55. The smallest absolute Gasteiger partial charge is 0.106 e. The van der Waals surface area contributed by atoms with Gasteiger partial charge in [0.1, 0.15) is 11.5 Å². The lowest BCUT2D eigenvalue weighted by Gasteiger charge is -2.18. The summed E-state index contributed by atoms with van der Waals surface area (Å²) in [6.07, 6.45) is 2.71. The zero-order valence-electron chi connectivity index (χ0n) is 12.5. The van der Waals surface area contributed by atoms with E-state index in [2.05, 4.69) is 46.1 Å². The molecule has 3 nitrogen and oxygen atoms in total. The van der Waals surface area contributed by atoms with Crippen molar-refractivity contribution in [1.29, 1.82) is 0 Å². The Morgan fingerprint density at radius 2 is 2.00 bits per heavy atom. The van der Waals surface area contributed by atoms with Gasteiger partial charge in [0, 0.05) is 34.4 Å². The van der Waals surface area contributed by atoms with Crippen LogP contribution in [0.1, 0.15) is 41.3 Å². The number of nitrogens with zero attached hydrogens (tertiary/aromatic N) is 1. The van der Waals surface area contributed by atoms with Crippen molar-refractivity contribution in [2.45, 2.75) is 40.2 Å². The van der Waals surface area contributed by atoms with Crippen molar-refractivity contribution in [3.63, 3.8) is 0 Å². The molecular formula is C16H21BrN2O. The largest absolute Gasteiger partial charge is 0.466 e. The van der Waals surface area contributed by atoms with Gasteiger partial charge in [-0.1, -0.05) is 6.92 Å². The molecule has 0 bridgehead atoms. The number of furan rings is 1. The van der Waals surface area contributed by atoms with Crippen molar-refractivity contribution < 1.29 is 4.42 Å². The van der Waals surface area contributed by atoms with Gasteiger partial charge in [0.2, 0.25) is 0 Å². The van der Waals surface area contributed by atoms with Gasteiger partial charge in [0.05, 0.1) is 0 Å². The molecule has 1 unspecified atom stereocenters. The molecule has 1 atom stereocenters. The molecule has 1 N–H and O–H groups in total. The summed E-state index contributed by atoms with van der Waals surface area (Å²) in [6.45, 7) is 9.23. The molecule has 0 amide bonds. The van der Waals surface area contributed by atoms with Crippen LogP contribution in [0.5, 0.6) is 0 Å². The Bertz CT molecular complexity index is 575. The second kappa shape index (κ2) is 6.55. The van der Waals surface area contributed by atoms with Gasteiger partial charge in [0.15, 0.2) is 0 Å². The van der Waals surface area contributed by atoms with Crippen LogP contribution in [0.15, 0.2) is 27.2 Å². The number of likely N-dealkylation sites (N-methyl/N-ethyl adjacent to an activating group) is 1. The van der Waals surface area contributed by atoms with E-state index in [4.69, 9.17) is 4.42 Å². The summed E-state index contributed by atoms with van der Waals surface area (Å²) in [7, 11) is 0. The van der Waals surface area contributed by atoms with Gasteiger partial charge >= 0.3 is 0 Å². The quantitative estimate of drug-likeness (QED) is 0.886. The first-order chi connectivity index (χ1) is 9.52. The van der Waals surface area contributed by atoms with Crippen molar-refractivity contribution in [2.75, 3.05) is 6.54 Å². The third kappa shape index (κ3) is 3.30. The van der Waals surface area contributed by atoms with Gasteiger partial charge in [-0.25, -0.2) is 0 Å². The molecule has 0 aromatic carbocycles. The maximum absolute atomic E-state index is 5.76. The summed E-state index contributed by atoms with van der Waals surface area (Å²) in [6, 6.07) is 4.34. The third-order valence-corrected chi connectivity index (χ3v) is 4.09. The van der Waals surface area contributed by atoms with Crippen LogP contribution in [-0.2, 0) is 6.42 Å². The van der Waals surface area contributed by atoms with E-state index in [1.807, 2.05) is 26.1 Å². The molecule has 0 fully saturated rings. The zero-order chi connectivity index (χ0) is 14.7. The van der Waals surface area contributed by atoms with Crippen molar-refractivity contribution in [1.82, 2.24) is 10.3 Å². The van der Waals surface area contributed by atoms with Crippen molar-refractivity contribution in [3.8, 4) is 0 Å². The third-order valence-electron chi connectivity index (χ3n) is 3.62. The molecule has 0 saturated carbocycles. The standard InChI is InChI=1S/C16H21BrN2O/c1-5-18-15(8-14-7-6-13(17)9-19-14)16-10(2)11(3)20-12(16)4/h6-7,9,15,18H,5,8H2,1-4H3. The molecule has 0 aliphatic carbocycles. The van der Waals surface area contributed by atoms with Gasteiger partial charge < -0.3 is 9.73 Å². The van der Waals surface area contributed by atoms with Crippen LogP contribution in [-0.4, -0.2) is 11.5 Å². The van der Waals surface area contributed by atoms with E-state index in [-0.39, 0.29) is 6.04 Å². The molecule has 2 aromatic rings. The fourth-order valence-corrected chi connectivity index (χ4v) is 2.82. The highest BCUT2D eigenvalue weighted by molar-refractivity contribution is 9.10. The fourth-order valence-electron chi connectivity index (χ4n) is 2.58. The van der Waals surface area contributed by atoms with Crippen LogP contribution in [0.25, 0.3) is 0 Å². The molecule has 2 aromatic heterocycles. The number of aryl methyl sites for hydroxylation is 2. The summed E-state index contributed by atoms with van der Waals surface area (Å²) >= 11 is 3.42. The lowest BCUT2D eigenvalue weighted by molar-refractivity contribution is 0.483. The van der Waals surface area contributed by atoms with E-state index in [1.165, 1.54) is 11.1 Å². The first kappa shape index (κ1) is 15.3. The molecule has 2 rings (SSSR count). The van der Waals surface area contributed by atoms with Gasteiger partial charge in [0.25, 0.3) is 0 Å². The number of aromatic nitrogens is 1. The second-order valence-electron chi connectivity index (χ2n) is 5.04. The Kier molecular flexibility index (Phi) is 5.00. The molecule has 108 valence electrons. The molecule has 0 radical (unpaired) electrons. The van der Waals surface area contributed by atoms with Crippen LogP contribution in [0, 0.1) is 20.8 Å².